The summed E-state index contributed by atoms with van der Waals surface area (Å²) >= 11 is 0. The number of nitrogens with zero attached hydrogens (tertiary/aromatic N) is 3. The molecule has 0 aliphatic carbocycles. The number of carbonyl (C=O) groups is 2. The number of aromatic amines is 1. The lowest BCUT2D eigenvalue weighted by molar-refractivity contribution is -0.143. The number of methoxy groups -OCH3 is 1. The fourth-order valence-corrected chi connectivity index (χ4v) is 3.42. The van der Waals surface area contributed by atoms with Crippen LogP contribution in [0, 0.1) is 5.92 Å². The van der Waals surface area contributed by atoms with Crippen LogP contribution < -0.4 is 0 Å². The van der Waals surface area contributed by atoms with Crippen LogP contribution in [0.2, 0.25) is 0 Å². The summed E-state index contributed by atoms with van der Waals surface area (Å²) in [5.41, 5.74) is 0.792. The Labute approximate surface area is 164 Å². The molecular weight excluding hydrogens is 364 g/mol. The number of piperidine rings is 1. The minimum atomic E-state index is -0.548. The fraction of sp³-hybridized carbons (Fsp3) is 0.684. The average molecular weight is 392 g/mol. The largest absolute Gasteiger partial charge is 0.468 e. The Morgan fingerprint density at radius 3 is 2.86 bits per heavy atom. The quantitative estimate of drug-likeness (QED) is 0.793. The van der Waals surface area contributed by atoms with E-state index in [2.05, 4.69) is 15.2 Å². The molecule has 0 saturated carbocycles. The van der Waals surface area contributed by atoms with Crippen molar-refractivity contribution in [1.82, 2.24) is 15.1 Å². The number of likely N-dealkylation sites (tertiary alicyclic amines) is 1. The van der Waals surface area contributed by atoms with Gasteiger partial charge in [0.2, 0.25) is 0 Å². The van der Waals surface area contributed by atoms with Crippen molar-refractivity contribution in [2.45, 2.75) is 51.7 Å². The number of hydrogen-bond donors (Lipinski definition) is 1. The van der Waals surface area contributed by atoms with Gasteiger partial charge >= 0.3 is 12.1 Å². The second-order valence-corrected chi connectivity index (χ2v) is 8.06. The summed E-state index contributed by atoms with van der Waals surface area (Å²) in [5.74, 6) is -0.330. The van der Waals surface area contributed by atoms with Gasteiger partial charge in [-0.1, -0.05) is 0 Å². The Bertz CT molecular complexity index is 752. The van der Waals surface area contributed by atoms with Crippen LogP contribution in [0.15, 0.2) is 11.1 Å². The minimum Gasteiger partial charge on any atom is -0.468 e. The second-order valence-electron chi connectivity index (χ2n) is 8.06. The molecule has 154 valence electrons. The summed E-state index contributed by atoms with van der Waals surface area (Å²) in [7, 11) is 1.35. The van der Waals surface area contributed by atoms with E-state index in [1.807, 2.05) is 26.8 Å². The molecule has 2 saturated heterocycles. The van der Waals surface area contributed by atoms with Crippen molar-refractivity contribution in [3.63, 3.8) is 0 Å². The highest BCUT2D eigenvalue weighted by Crippen LogP contribution is 2.32. The van der Waals surface area contributed by atoms with Gasteiger partial charge in [-0.25, -0.2) is 9.79 Å². The first-order valence-corrected chi connectivity index (χ1v) is 9.56. The highest BCUT2D eigenvalue weighted by molar-refractivity contribution is 6.05. The van der Waals surface area contributed by atoms with Crippen LogP contribution >= 0.6 is 0 Å². The van der Waals surface area contributed by atoms with Crippen molar-refractivity contribution in [2.24, 2.45) is 10.9 Å². The maximum Gasteiger partial charge on any atom is 0.410 e. The average Bonchev–Trinajstić information content (AvgIpc) is 3.29. The highest BCUT2D eigenvalue weighted by Gasteiger charge is 2.34. The van der Waals surface area contributed by atoms with Gasteiger partial charge in [0.1, 0.15) is 17.3 Å². The van der Waals surface area contributed by atoms with Crippen LogP contribution in [0.3, 0.4) is 0 Å². The molecule has 3 rings (SSSR count). The summed E-state index contributed by atoms with van der Waals surface area (Å²) in [6, 6.07) is 1.65. The molecule has 9 nitrogen and oxygen atoms in total. The topological polar surface area (TPSA) is 106 Å². The maximum absolute atomic E-state index is 12.6. The Balaban J connectivity index is 1.77. The SMILES string of the molecule is COC(=O)C1COC/C1=N\c1cc(C2CCCCN2C(=O)OC(C)(C)C)n[nH]1. The molecule has 1 aromatic heterocycles. The molecule has 0 spiro atoms. The number of H-pyrrole nitrogens is 1. The number of amides is 1. The number of aromatic nitrogens is 2. The molecular formula is C19H28N4O5. The van der Waals surface area contributed by atoms with Crippen molar-refractivity contribution in [1.29, 1.82) is 0 Å². The number of aliphatic imine (C=N–C) groups is 1. The van der Waals surface area contributed by atoms with Gasteiger partial charge in [0.05, 0.1) is 37.8 Å². The lowest BCUT2D eigenvalue weighted by Gasteiger charge is -2.35. The van der Waals surface area contributed by atoms with E-state index in [0.29, 0.717) is 18.1 Å². The zero-order valence-electron chi connectivity index (χ0n) is 16.9. The van der Waals surface area contributed by atoms with Crippen LogP contribution in [0.4, 0.5) is 10.6 Å². The third-order valence-electron chi connectivity index (χ3n) is 4.74. The summed E-state index contributed by atoms with van der Waals surface area (Å²) in [6.45, 7) is 6.74. The Kier molecular flexibility index (Phi) is 6.02. The van der Waals surface area contributed by atoms with Crippen molar-refractivity contribution in [3.05, 3.63) is 11.8 Å². The van der Waals surface area contributed by atoms with Gasteiger partial charge < -0.3 is 14.2 Å². The Hall–Kier alpha value is -2.42. The molecule has 9 heteroatoms. The first-order chi connectivity index (χ1) is 13.3. The van der Waals surface area contributed by atoms with Crippen LogP contribution in [0.5, 0.6) is 0 Å². The fourth-order valence-electron chi connectivity index (χ4n) is 3.42. The highest BCUT2D eigenvalue weighted by atomic mass is 16.6. The van der Waals surface area contributed by atoms with E-state index >= 15 is 0 Å². The van der Waals surface area contributed by atoms with Gasteiger partial charge in [-0.2, -0.15) is 5.10 Å². The molecule has 2 atom stereocenters. The first kappa shape index (κ1) is 20.3. The third-order valence-corrected chi connectivity index (χ3v) is 4.74. The second kappa shape index (κ2) is 8.30. The van der Waals surface area contributed by atoms with Gasteiger partial charge in [-0.15, -0.1) is 0 Å². The number of hydrogen-bond acceptors (Lipinski definition) is 7. The van der Waals surface area contributed by atoms with Gasteiger partial charge in [0, 0.05) is 12.6 Å². The normalized spacial score (nSPS) is 24.4. The van der Waals surface area contributed by atoms with Crippen molar-refractivity contribution in [2.75, 3.05) is 26.9 Å². The van der Waals surface area contributed by atoms with Gasteiger partial charge in [-0.05, 0) is 40.0 Å². The van der Waals surface area contributed by atoms with Gasteiger partial charge in [0.25, 0.3) is 0 Å². The monoisotopic (exact) mass is 392 g/mol. The van der Waals surface area contributed by atoms with E-state index < -0.39 is 11.5 Å². The molecule has 2 fully saturated rings. The molecule has 1 N–H and O–H groups in total. The predicted octanol–water partition coefficient (Wildman–Crippen LogP) is 2.76. The number of ether oxygens (including phenoxy) is 3. The molecule has 1 aromatic rings. The lowest BCUT2D eigenvalue weighted by atomic mass is 10.00. The van der Waals surface area contributed by atoms with Crippen LogP contribution in [0.25, 0.3) is 0 Å². The summed E-state index contributed by atoms with van der Waals surface area (Å²) in [6.07, 6.45) is 2.43. The van der Waals surface area contributed by atoms with Crippen LogP contribution in [-0.2, 0) is 19.0 Å². The van der Waals surface area contributed by atoms with E-state index in [4.69, 9.17) is 14.2 Å². The van der Waals surface area contributed by atoms with Crippen molar-refractivity contribution >= 4 is 23.6 Å². The predicted molar refractivity (Wildman–Crippen MR) is 102 cm³/mol. The third kappa shape index (κ3) is 4.70. The lowest BCUT2D eigenvalue weighted by Crippen LogP contribution is -2.42. The summed E-state index contributed by atoms with van der Waals surface area (Å²) in [5, 5.41) is 7.25. The van der Waals surface area contributed by atoms with Crippen molar-refractivity contribution in [3.8, 4) is 0 Å². The zero-order chi connectivity index (χ0) is 20.3. The molecule has 2 aliphatic rings. The minimum absolute atomic E-state index is 0.162. The molecule has 2 unspecified atom stereocenters. The molecule has 28 heavy (non-hydrogen) atoms. The van der Waals surface area contributed by atoms with Crippen molar-refractivity contribution < 1.29 is 23.8 Å². The van der Waals surface area contributed by atoms with E-state index in [1.54, 1.807) is 4.90 Å². The number of carbonyl (C=O) groups excluding carboxylic acids is 2. The van der Waals surface area contributed by atoms with Gasteiger partial charge in [0.15, 0.2) is 0 Å². The number of esters is 1. The van der Waals surface area contributed by atoms with Crippen LogP contribution in [-0.4, -0.2) is 65.3 Å². The van der Waals surface area contributed by atoms with Crippen LogP contribution in [0.1, 0.15) is 51.8 Å². The van der Waals surface area contributed by atoms with E-state index in [-0.39, 0.29) is 31.3 Å². The Morgan fingerprint density at radius 2 is 2.14 bits per heavy atom. The molecule has 0 aromatic carbocycles. The Morgan fingerprint density at radius 1 is 1.36 bits per heavy atom. The van der Waals surface area contributed by atoms with E-state index in [1.165, 1.54) is 7.11 Å². The summed E-state index contributed by atoms with van der Waals surface area (Å²) in [4.78, 5) is 30.7. The van der Waals surface area contributed by atoms with Gasteiger partial charge in [-0.3, -0.25) is 14.8 Å². The summed E-state index contributed by atoms with van der Waals surface area (Å²) < 4.78 is 15.7. The smallest absolute Gasteiger partial charge is 0.410 e. The van der Waals surface area contributed by atoms with E-state index in [0.717, 1.165) is 25.0 Å². The molecule has 1 amide bonds. The standard InChI is InChI=1S/C19H28N4O5/c1-19(2,3)28-18(25)23-8-6-5-7-15(23)13-9-16(22-21-13)20-14-11-27-10-12(14)17(24)26-4/h9,12,15H,5-8,10-11H2,1-4H3,(H,21,22)/b20-14+. The molecule has 0 bridgehead atoms. The molecule has 0 radical (unpaired) electrons. The number of rotatable bonds is 3. The molecule has 3 heterocycles. The van der Waals surface area contributed by atoms with E-state index in [9.17, 15) is 9.59 Å². The number of nitrogens with one attached hydrogen (secondary N) is 1. The zero-order valence-corrected chi connectivity index (χ0v) is 16.9. The first-order valence-electron chi connectivity index (χ1n) is 9.56. The molecule has 2 aliphatic heterocycles. The maximum atomic E-state index is 12.6.